The number of halogens is 3. The zero-order chi connectivity index (χ0) is 15.4. The van der Waals surface area contributed by atoms with Crippen molar-refractivity contribution in [1.82, 2.24) is 4.98 Å². The summed E-state index contributed by atoms with van der Waals surface area (Å²) in [5.41, 5.74) is 5.94. The lowest BCUT2D eigenvalue weighted by Gasteiger charge is -2.10. The highest BCUT2D eigenvalue weighted by atomic mass is 35.5. The van der Waals surface area contributed by atoms with Gasteiger partial charge in [-0.2, -0.15) is 8.78 Å². The van der Waals surface area contributed by atoms with E-state index in [2.05, 4.69) is 10.3 Å². The third kappa shape index (κ3) is 4.05. The van der Waals surface area contributed by atoms with Gasteiger partial charge in [0, 0.05) is 11.1 Å². The van der Waals surface area contributed by atoms with E-state index < -0.39 is 11.7 Å². The Kier molecular flexibility index (Phi) is 4.98. The number of anilines is 2. The van der Waals surface area contributed by atoms with Crippen LogP contribution in [-0.2, 0) is 0 Å². The highest BCUT2D eigenvalue weighted by Gasteiger charge is 2.13. The normalized spacial score (nSPS) is 10.7. The number of thioether (sulfide) groups is 1. The lowest BCUT2D eigenvalue weighted by molar-refractivity contribution is 0.102. The molecule has 0 aliphatic rings. The summed E-state index contributed by atoms with van der Waals surface area (Å²) >= 11 is 6.15. The number of alkyl halides is 2. The number of hydrogen-bond acceptors (Lipinski definition) is 4. The molecule has 0 saturated carbocycles. The maximum absolute atomic E-state index is 12.5. The fourth-order valence-electron chi connectivity index (χ4n) is 1.54. The Morgan fingerprint density at radius 2 is 2.10 bits per heavy atom. The molecule has 0 spiro atoms. The van der Waals surface area contributed by atoms with Crippen molar-refractivity contribution in [2.24, 2.45) is 0 Å². The molecule has 110 valence electrons. The van der Waals surface area contributed by atoms with Gasteiger partial charge in [-0.15, -0.1) is 0 Å². The quantitative estimate of drug-likeness (QED) is 0.835. The van der Waals surface area contributed by atoms with E-state index in [1.165, 1.54) is 24.4 Å². The van der Waals surface area contributed by atoms with Crippen LogP contribution in [0.2, 0.25) is 5.02 Å². The van der Waals surface area contributed by atoms with E-state index in [0.29, 0.717) is 17.4 Å². The van der Waals surface area contributed by atoms with E-state index in [0.717, 1.165) is 0 Å². The number of hydrogen-bond donors (Lipinski definition) is 2. The molecule has 1 amide bonds. The number of carbonyl (C=O) groups excluding carboxylic acids is 1. The molecule has 0 atom stereocenters. The number of benzene rings is 1. The second-order valence-electron chi connectivity index (χ2n) is 3.92. The van der Waals surface area contributed by atoms with Crippen LogP contribution in [0, 0.1) is 0 Å². The van der Waals surface area contributed by atoms with Crippen LogP contribution >= 0.6 is 23.4 Å². The van der Waals surface area contributed by atoms with Gasteiger partial charge >= 0.3 is 0 Å². The van der Waals surface area contributed by atoms with Crippen LogP contribution in [-0.4, -0.2) is 16.6 Å². The average Bonchev–Trinajstić information content (AvgIpc) is 2.43. The maximum atomic E-state index is 12.5. The minimum Gasteiger partial charge on any atom is -0.382 e. The van der Waals surface area contributed by atoms with E-state index in [-0.39, 0.29) is 21.3 Å². The Hall–Kier alpha value is -1.86. The summed E-state index contributed by atoms with van der Waals surface area (Å²) in [6, 6.07) is 7.65. The molecule has 4 nitrogen and oxygen atoms in total. The number of para-hydroxylation sites is 1. The summed E-state index contributed by atoms with van der Waals surface area (Å²) in [6.07, 6.45) is 1.26. The predicted molar refractivity (Wildman–Crippen MR) is 79.9 cm³/mol. The summed E-state index contributed by atoms with van der Waals surface area (Å²) < 4.78 is 24.9. The molecule has 21 heavy (non-hydrogen) atoms. The third-order valence-electron chi connectivity index (χ3n) is 2.48. The summed E-state index contributed by atoms with van der Waals surface area (Å²) in [5, 5.41) is 2.70. The molecule has 1 aromatic carbocycles. The SMILES string of the molecule is Nc1ncc(C(=O)Nc2ccccc2SC(F)F)cc1Cl. The number of amides is 1. The molecular weight excluding hydrogens is 320 g/mol. The van der Waals surface area contributed by atoms with Crippen molar-refractivity contribution in [2.45, 2.75) is 10.7 Å². The standard InChI is InChI=1S/C13H10ClF2N3OS/c14-8-5-7(6-18-11(8)17)12(20)19-9-3-1-2-4-10(9)21-13(15)16/h1-6,13H,(H2,17,18)(H,19,20). The Labute approximate surface area is 128 Å². The van der Waals surface area contributed by atoms with Gasteiger partial charge in [0.1, 0.15) is 5.82 Å². The van der Waals surface area contributed by atoms with Crippen LogP contribution in [0.25, 0.3) is 0 Å². The molecule has 0 aliphatic heterocycles. The first kappa shape index (κ1) is 15.5. The molecule has 3 N–H and O–H groups in total. The molecule has 1 heterocycles. The van der Waals surface area contributed by atoms with E-state index in [1.54, 1.807) is 12.1 Å². The smallest absolute Gasteiger partial charge is 0.288 e. The van der Waals surface area contributed by atoms with Crippen molar-refractivity contribution in [1.29, 1.82) is 0 Å². The van der Waals surface area contributed by atoms with E-state index in [1.807, 2.05) is 0 Å². The Bertz CT molecular complexity index is 670. The summed E-state index contributed by atoms with van der Waals surface area (Å²) in [7, 11) is 0. The van der Waals surface area contributed by atoms with Crippen LogP contribution in [0.3, 0.4) is 0 Å². The number of nitrogens with zero attached hydrogens (tertiary/aromatic N) is 1. The van der Waals surface area contributed by atoms with Gasteiger partial charge < -0.3 is 11.1 Å². The van der Waals surface area contributed by atoms with E-state index in [9.17, 15) is 13.6 Å². The van der Waals surface area contributed by atoms with Gasteiger partial charge in [-0.3, -0.25) is 4.79 Å². The van der Waals surface area contributed by atoms with Crippen molar-refractivity contribution in [2.75, 3.05) is 11.1 Å². The van der Waals surface area contributed by atoms with Crippen LogP contribution in [0.4, 0.5) is 20.3 Å². The lowest BCUT2D eigenvalue weighted by Crippen LogP contribution is -2.13. The Balaban J connectivity index is 2.21. The Morgan fingerprint density at radius 1 is 1.38 bits per heavy atom. The molecule has 0 saturated heterocycles. The lowest BCUT2D eigenvalue weighted by atomic mass is 10.2. The molecule has 2 aromatic rings. The predicted octanol–water partition coefficient (Wildman–Crippen LogP) is 3.88. The third-order valence-corrected chi connectivity index (χ3v) is 3.57. The molecule has 0 aliphatic carbocycles. The molecule has 2 rings (SSSR count). The highest BCUT2D eigenvalue weighted by Crippen LogP contribution is 2.32. The van der Waals surface area contributed by atoms with Gasteiger partial charge in [0.2, 0.25) is 0 Å². The molecular formula is C13H10ClF2N3OS. The number of nitrogens with two attached hydrogens (primary N) is 1. The second-order valence-corrected chi connectivity index (χ2v) is 5.36. The van der Waals surface area contributed by atoms with Crippen LogP contribution in [0.15, 0.2) is 41.4 Å². The van der Waals surface area contributed by atoms with Crippen molar-refractivity contribution in [3.05, 3.63) is 47.1 Å². The first-order valence-electron chi connectivity index (χ1n) is 5.73. The van der Waals surface area contributed by atoms with Gasteiger partial charge in [-0.1, -0.05) is 35.5 Å². The maximum Gasteiger partial charge on any atom is 0.288 e. The number of pyridine rings is 1. The van der Waals surface area contributed by atoms with Gasteiger partial charge in [-0.05, 0) is 18.2 Å². The van der Waals surface area contributed by atoms with Crippen LogP contribution < -0.4 is 11.1 Å². The molecule has 0 radical (unpaired) electrons. The van der Waals surface area contributed by atoms with Gasteiger partial charge in [0.05, 0.1) is 16.3 Å². The number of rotatable bonds is 4. The molecule has 0 fully saturated rings. The first-order chi connectivity index (χ1) is 9.97. The number of nitrogen functional groups attached to an aromatic ring is 1. The summed E-state index contributed by atoms with van der Waals surface area (Å²) in [5.74, 6) is -2.97. The van der Waals surface area contributed by atoms with Crippen molar-refractivity contribution < 1.29 is 13.6 Å². The Morgan fingerprint density at radius 3 is 2.76 bits per heavy atom. The van der Waals surface area contributed by atoms with Gasteiger partial charge in [0.25, 0.3) is 11.7 Å². The molecule has 8 heteroatoms. The monoisotopic (exact) mass is 329 g/mol. The summed E-state index contributed by atoms with van der Waals surface area (Å²) in [6.45, 7) is 0. The van der Waals surface area contributed by atoms with Crippen LogP contribution in [0.5, 0.6) is 0 Å². The highest BCUT2D eigenvalue weighted by molar-refractivity contribution is 7.99. The minimum atomic E-state index is -2.57. The molecule has 1 aromatic heterocycles. The van der Waals surface area contributed by atoms with E-state index in [4.69, 9.17) is 17.3 Å². The van der Waals surface area contributed by atoms with Crippen LogP contribution in [0.1, 0.15) is 10.4 Å². The largest absolute Gasteiger partial charge is 0.382 e. The number of aromatic nitrogens is 1. The van der Waals surface area contributed by atoms with Crippen molar-refractivity contribution >= 4 is 40.8 Å². The van der Waals surface area contributed by atoms with Gasteiger partial charge in [0.15, 0.2) is 0 Å². The van der Waals surface area contributed by atoms with E-state index >= 15 is 0 Å². The second kappa shape index (κ2) is 6.73. The fraction of sp³-hybridized carbons (Fsp3) is 0.0769. The summed E-state index contributed by atoms with van der Waals surface area (Å²) in [4.78, 5) is 16.1. The van der Waals surface area contributed by atoms with Crippen molar-refractivity contribution in [3.8, 4) is 0 Å². The average molecular weight is 330 g/mol. The zero-order valence-corrected chi connectivity index (χ0v) is 12.1. The molecule has 0 unspecified atom stereocenters. The van der Waals surface area contributed by atoms with Crippen molar-refractivity contribution in [3.63, 3.8) is 0 Å². The molecule has 0 bridgehead atoms. The first-order valence-corrected chi connectivity index (χ1v) is 6.99. The minimum absolute atomic E-state index is 0.113. The topological polar surface area (TPSA) is 68.0 Å². The zero-order valence-electron chi connectivity index (χ0n) is 10.5. The number of carbonyl (C=O) groups is 1. The number of nitrogens with one attached hydrogen (secondary N) is 1. The fourth-order valence-corrected chi connectivity index (χ4v) is 2.30. The van der Waals surface area contributed by atoms with Gasteiger partial charge in [-0.25, -0.2) is 4.98 Å².